The van der Waals surface area contributed by atoms with Gasteiger partial charge in [-0.15, -0.1) is 0 Å². The van der Waals surface area contributed by atoms with Crippen LogP contribution >= 0.6 is 0 Å². The Bertz CT molecular complexity index is 459. The average Bonchev–Trinajstić information content (AvgIpc) is 2.76. The fourth-order valence-electron chi connectivity index (χ4n) is 2.79. The second kappa shape index (κ2) is 5.73. The van der Waals surface area contributed by atoms with Gasteiger partial charge in [-0.1, -0.05) is 26.0 Å². The second-order valence-electron chi connectivity index (χ2n) is 6.26. The van der Waals surface area contributed by atoms with E-state index >= 15 is 0 Å². The minimum Gasteiger partial charge on any atom is -0.387 e. The molecule has 2 rings (SSSR count). The number of nitrogens with one attached hydrogen (secondary N) is 1. The highest BCUT2D eigenvalue weighted by Gasteiger charge is 2.30. The molecular formula is C16H22N2O. The summed E-state index contributed by atoms with van der Waals surface area (Å²) in [5.74, 6) is 0. The standard InChI is InChI=1S/C16H22N2O/c1-16(2)8-7-14(9-16)18-11-15(19)13-5-3-12(10-17)4-6-13/h3-6,14-15,18-19H,7-9,11H2,1-2H3. The molecule has 2 N–H and O–H groups in total. The van der Waals surface area contributed by atoms with Gasteiger partial charge in [0.2, 0.25) is 0 Å². The van der Waals surface area contributed by atoms with Crippen molar-refractivity contribution in [2.24, 2.45) is 5.41 Å². The average molecular weight is 258 g/mol. The Labute approximate surface area is 115 Å². The van der Waals surface area contributed by atoms with E-state index in [1.165, 1.54) is 19.3 Å². The number of nitrogens with zero attached hydrogens (tertiary/aromatic N) is 1. The Morgan fingerprint density at radius 1 is 1.42 bits per heavy atom. The highest BCUT2D eigenvalue weighted by Crippen LogP contribution is 2.36. The zero-order chi connectivity index (χ0) is 13.9. The van der Waals surface area contributed by atoms with Crippen LogP contribution in [0.1, 0.15) is 50.3 Å². The second-order valence-corrected chi connectivity index (χ2v) is 6.26. The largest absolute Gasteiger partial charge is 0.387 e. The summed E-state index contributed by atoms with van der Waals surface area (Å²) in [6.45, 7) is 5.17. The summed E-state index contributed by atoms with van der Waals surface area (Å²) in [5, 5.41) is 22.3. The third kappa shape index (κ3) is 3.79. The van der Waals surface area contributed by atoms with Crippen LogP contribution in [0.4, 0.5) is 0 Å². The lowest BCUT2D eigenvalue weighted by atomic mass is 9.92. The van der Waals surface area contributed by atoms with Gasteiger partial charge < -0.3 is 10.4 Å². The topological polar surface area (TPSA) is 56.0 Å². The maximum Gasteiger partial charge on any atom is 0.0991 e. The van der Waals surface area contributed by atoms with Crippen molar-refractivity contribution >= 4 is 0 Å². The molecule has 1 aliphatic carbocycles. The summed E-state index contributed by atoms with van der Waals surface area (Å²) in [6, 6.07) is 9.74. The molecule has 0 amide bonds. The zero-order valence-electron chi connectivity index (χ0n) is 11.7. The predicted octanol–water partition coefficient (Wildman–Crippen LogP) is 2.76. The minimum atomic E-state index is -0.503. The van der Waals surface area contributed by atoms with E-state index in [1.54, 1.807) is 12.1 Å². The van der Waals surface area contributed by atoms with Gasteiger partial charge in [0, 0.05) is 12.6 Å². The van der Waals surface area contributed by atoms with Crippen LogP contribution in [-0.2, 0) is 0 Å². The fraction of sp³-hybridized carbons (Fsp3) is 0.562. The van der Waals surface area contributed by atoms with Gasteiger partial charge >= 0.3 is 0 Å². The minimum absolute atomic E-state index is 0.428. The summed E-state index contributed by atoms with van der Waals surface area (Å²) in [4.78, 5) is 0. The summed E-state index contributed by atoms with van der Waals surface area (Å²) in [6.07, 6.45) is 3.11. The number of hydrogen-bond donors (Lipinski definition) is 2. The predicted molar refractivity (Wildman–Crippen MR) is 75.5 cm³/mol. The van der Waals surface area contributed by atoms with Crippen molar-refractivity contribution in [3.8, 4) is 6.07 Å². The first-order valence-electron chi connectivity index (χ1n) is 6.92. The SMILES string of the molecule is CC1(C)CCC(NCC(O)c2ccc(C#N)cc2)C1. The molecule has 1 fully saturated rings. The first-order chi connectivity index (χ1) is 9.00. The van der Waals surface area contributed by atoms with E-state index in [0.29, 0.717) is 23.6 Å². The molecule has 3 nitrogen and oxygen atoms in total. The highest BCUT2D eigenvalue weighted by atomic mass is 16.3. The monoisotopic (exact) mass is 258 g/mol. The van der Waals surface area contributed by atoms with Crippen LogP contribution in [0.15, 0.2) is 24.3 Å². The van der Waals surface area contributed by atoms with Gasteiger partial charge in [0.25, 0.3) is 0 Å². The molecule has 1 saturated carbocycles. The highest BCUT2D eigenvalue weighted by molar-refractivity contribution is 5.32. The number of rotatable bonds is 4. The van der Waals surface area contributed by atoms with Gasteiger partial charge in [-0.2, -0.15) is 5.26 Å². The van der Waals surface area contributed by atoms with Gasteiger partial charge in [-0.3, -0.25) is 0 Å². The molecule has 0 saturated heterocycles. The van der Waals surface area contributed by atoms with Crippen molar-refractivity contribution in [3.63, 3.8) is 0 Å². The summed E-state index contributed by atoms with van der Waals surface area (Å²) >= 11 is 0. The van der Waals surface area contributed by atoms with E-state index in [4.69, 9.17) is 5.26 Å². The summed E-state index contributed by atoms with van der Waals surface area (Å²) < 4.78 is 0. The Morgan fingerprint density at radius 2 is 2.11 bits per heavy atom. The summed E-state index contributed by atoms with van der Waals surface area (Å²) in [5.41, 5.74) is 1.92. The van der Waals surface area contributed by atoms with Crippen LogP contribution < -0.4 is 5.32 Å². The Hall–Kier alpha value is -1.37. The molecule has 102 valence electrons. The number of nitriles is 1. The lowest BCUT2D eigenvalue weighted by Crippen LogP contribution is -2.31. The molecule has 0 radical (unpaired) electrons. The van der Waals surface area contributed by atoms with Gasteiger partial charge in [-0.25, -0.2) is 0 Å². The summed E-state index contributed by atoms with van der Waals surface area (Å²) in [7, 11) is 0. The lowest BCUT2D eigenvalue weighted by molar-refractivity contribution is 0.169. The van der Waals surface area contributed by atoms with Crippen LogP contribution in [0.3, 0.4) is 0 Å². The van der Waals surface area contributed by atoms with Gasteiger partial charge in [-0.05, 0) is 42.4 Å². The van der Waals surface area contributed by atoms with Gasteiger partial charge in [0.1, 0.15) is 0 Å². The van der Waals surface area contributed by atoms with E-state index in [0.717, 1.165) is 5.56 Å². The molecule has 2 unspecified atom stereocenters. The Morgan fingerprint density at radius 3 is 2.63 bits per heavy atom. The van der Waals surface area contributed by atoms with Crippen molar-refractivity contribution < 1.29 is 5.11 Å². The molecule has 0 bridgehead atoms. The molecule has 3 heteroatoms. The fourth-order valence-corrected chi connectivity index (χ4v) is 2.79. The third-order valence-electron chi connectivity index (χ3n) is 3.99. The van der Waals surface area contributed by atoms with Gasteiger partial charge in [0.15, 0.2) is 0 Å². The van der Waals surface area contributed by atoms with E-state index < -0.39 is 6.10 Å². The molecule has 1 aliphatic rings. The van der Waals surface area contributed by atoms with Crippen molar-refractivity contribution in [2.75, 3.05) is 6.54 Å². The molecule has 19 heavy (non-hydrogen) atoms. The molecule has 1 aromatic rings. The van der Waals surface area contributed by atoms with Crippen LogP contribution in [0.25, 0.3) is 0 Å². The van der Waals surface area contributed by atoms with Crippen LogP contribution in [0.5, 0.6) is 0 Å². The van der Waals surface area contributed by atoms with Crippen LogP contribution in [0.2, 0.25) is 0 Å². The van der Waals surface area contributed by atoms with E-state index in [2.05, 4.69) is 25.2 Å². The maximum atomic E-state index is 10.1. The maximum absolute atomic E-state index is 10.1. The zero-order valence-corrected chi connectivity index (χ0v) is 11.7. The first-order valence-corrected chi connectivity index (χ1v) is 6.92. The van der Waals surface area contributed by atoms with Gasteiger partial charge in [0.05, 0.1) is 17.7 Å². The van der Waals surface area contributed by atoms with E-state index in [-0.39, 0.29) is 0 Å². The number of benzene rings is 1. The van der Waals surface area contributed by atoms with Crippen molar-refractivity contribution in [1.29, 1.82) is 5.26 Å². The van der Waals surface area contributed by atoms with Crippen LogP contribution in [0, 0.1) is 16.7 Å². The lowest BCUT2D eigenvalue weighted by Gasteiger charge is -2.19. The van der Waals surface area contributed by atoms with Crippen molar-refractivity contribution in [2.45, 2.75) is 45.3 Å². The normalized spacial score (nSPS) is 22.9. The molecule has 0 spiro atoms. The quantitative estimate of drug-likeness (QED) is 0.873. The molecule has 0 aromatic heterocycles. The number of hydrogen-bond acceptors (Lipinski definition) is 3. The first kappa shape index (κ1) is 14.0. The molecule has 1 aromatic carbocycles. The van der Waals surface area contributed by atoms with Crippen LogP contribution in [-0.4, -0.2) is 17.7 Å². The molecule has 0 heterocycles. The smallest absolute Gasteiger partial charge is 0.0991 e. The molecular weight excluding hydrogens is 236 g/mol. The van der Waals surface area contributed by atoms with Crippen molar-refractivity contribution in [1.82, 2.24) is 5.32 Å². The Balaban J connectivity index is 1.84. The Kier molecular flexibility index (Phi) is 4.24. The molecule has 2 atom stereocenters. The third-order valence-corrected chi connectivity index (χ3v) is 3.99. The van der Waals surface area contributed by atoms with E-state index in [9.17, 15) is 5.11 Å². The van der Waals surface area contributed by atoms with E-state index in [1.807, 2.05) is 12.1 Å². The number of aliphatic hydroxyl groups excluding tert-OH is 1. The number of aliphatic hydroxyl groups is 1. The van der Waals surface area contributed by atoms with Crippen molar-refractivity contribution in [3.05, 3.63) is 35.4 Å². The molecule has 0 aliphatic heterocycles.